The molecule has 0 aliphatic carbocycles. The predicted octanol–water partition coefficient (Wildman–Crippen LogP) is 1.32. The van der Waals surface area contributed by atoms with Gasteiger partial charge in [-0.25, -0.2) is 0 Å². The van der Waals surface area contributed by atoms with E-state index in [4.69, 9.17) is 17.3 Å². The highest BCUT2D eigenvalue weighted by Gasteiger charge is 2.19. The van der Waals surface area contributed by atoms with Crippen LogP contribution in [-0.2, 0) is 9.59 Å². The maximum absolute atomic E-state index is 12.2. The van der Waals surface area contributed by atoms with Crippen molar-refractivity contribution >= 4 is 34.8 Å². The number of halogens is 1. The Morgan fingerprint density at radius 3 is 2.67 bits per heavy atom. The van der Waals surface area contributed by atoms with Crippen molar-refractivity contribution in [3.63, 3.8) is 0 Å². The molecule has 0 saturated heterocycles. The first-order valence-electron chi connectivity index (χ1n) is 6.62. The van der Waals surface area contributed by atoms with Crippen molar-refractivity contribution in [2.24, 2.45) is 0 Å². The molecule has 116 valence electrons. The van der Waals surface area contributed by atoms with Gasteiger partial charge in [0.2, 0.25) is 11.8 Å². The van der Waals surface area contributed by atoms with Gasteiger partial charge in [0.05, 0.1) is 17.4 Å². The highest BCUT2D eigenvalue weighted by Crippen LogP contribution is 2.22. The van der Waals surface area contributed by atoms with Crippen LogP contribution in [0, 0.1) is 0 Å². The van der Waals surface area contributed by atoms with Gasteiger partial charge >= 0.3 is 0 Å². The number of rotatable bonds is 6. The highest BCUT2D eigenvalue weighted by atomic mass is 35.5. The van der Waals surface area contributed by atoms with Crippen molar-refractivity contribution in [2.45, 2.75) is 19.4 Å². The molecule has 0 radical (unpaired) electrons. The number of anilines is 2. The average molecular weight is 313 g/mol. The van der Waals surface area contributed by atoms with E-state index < -0.39 is 0 Å². The van der Waals surface area contributed by atoms with Crippen molar-refractivity contribution in [3.8, 4) is 0 Å². The molecule has 0 aliphatic heterocycles. The van der Waals surface area contributed by atoms with E-state index in [1.165, 1.54) is 0 Å². The molecule has 1 aromatic rings. The number of likely N-dealkylation sites (N-methyl/N-ethyl adjacent to an activating group) is 1. The molecule has 0 saturated carbocycles. The Morgan fingerprint density at radius 2 is 2.10 bits per heavy atom. The zero-order chi connectivity index (χ0) is 16.0. The third-order valence-electron chi connectivity index (χ3n) is 3.28. The Morgan fingerprint density at radius 1 is 1.43 bits per heavy atom. The fourth-order valence-corrected chi connectivity index (χ4v) is 1.86. The van der Waals surface area contributed by atoms with Crippen LogP contribution >= 0.6 is 11.6 Å². The minimum Gasteiger partial charge on any atom is -0.397 e. The fraction of sp³-hybridized carbons (Fsp3) is 0.429. The summed E-state index contributed by atoms with van der Waals surface area (Å²) < 4.78 is 0. The third kappa shape index (κ3) is 5.24. The molecule has 0 aliphatic rings. The van der Waals surface area contributed by atoms with Crippen molar-refractivity contribution in [1.29, 1.82) is 0 Å². The molecule has 1 atom stereocenters. The zero-order valence-electron chi connectivity index (χ0n) is 12.4. The number of nitrogen functional groups attached to an aromatic ring is 1. The van der Waals surface area contributed by atoms with Gasteiger partial charge in [0.25, 0.3) is 0 Å². The van der Waals surface area contributed by atoms with Gasteiger partial charge in [-0.1, -0.05) is 11.6 Å². The fourth-order valence-electron chi connectivity index (χ4n) is 1.68. The first-order valence-corrected chi connectivity index (χ1v) is 6.99. The maximum atomic E-state index is 12.2. The van der Waals surface area contributed by atoms with Gasteiger partial charge in [-0.2, -0.15) is 0 Å². The quantitative estimate of drug-likeness (QED) is 0.691. The van der Waals surface area contributed by atoms with Gasteiger partial charge in [0, 0.05) is 25.0 Å². The summed E-state index contributed by atoms with van der Waals surface area (Å²) in [7, 11) is 3.38. The number of amides is 2. The van der Waals surface area contributed by atoms with Crippen LogP contribution < -0.4 is 16.4 Å². The van der Waals surface area contributed by atoms with E-state index in [1.54, 1.807) is 44.1 Å². The molecule has 0 bridgehead atoms. The van der Waals surface area contributed by atoms with Gasteiger partial charge in [0.1, 0.15) is 0 Å². The smallest absolute Gasteiger partial charge is 0.241 e. The SMILES string of the molecule is CNC(=O)CCN(C)C(C)C(=O)Nc1ccc(Cl)cc1N. The standard InChI is InChI=1S/C14H21ClN4O2/c1-9(19(3)7-6-13(20)17-2)14(21)18-12-5-4-10(15)8-11(12)16/h4-5,8-9H,6-7,16H2,1-3H3,(H,17,20)(H,18,21). The highest BCUT2D eigenvalue weighted by molar-refractivity contribution is 6.31. The number of hydrogen-bond acceptors (Lipinski definition) is 4. The van der Waals surface area contributed by atoms with E-state index in [9.17, 15) is 9.59 Å². The van der Waals surface area contributed by atoms with Crippen LogP contribution in [0.4, 0.5) is 11.4 Å². The Hall–Kier alpha value is -1.79. The van der Waals surface area contributed by atoms with Crippen LogP contribution in [0.5, 0.6) is 0 Å². The Bertz CT molecular complexity index is 522. The van der Waals surface area contributed by atoms with E-state index >= 15 is 0 Å². The summed E-state index contributed by atoms with van der Waals surface area (Å²) in [5, 5.41) is 5.82. The van der Waals surface area contributed by atoms with E-state index in [0.29, 0.717) is 29.4 Å². The number of carbonyl (C=O) groups excluding carboxylic acids is 2. The van der Waals surface area contributed by atoms with Crippen molar-refractivity contribution < 1.29 is 9.59 Å². The second-order valence-corrected chi connectivity index (χ2v) is 5.24. The topological polar surface area (TPSA) is 87.5 Å². The van der Waals surface area contributed by atoms with Gasteiger partial charge in [0.15, 0.2) is 0 Å². The minimum absolute atomic E-state index is 0.0589. The monoisotopic (exact) mass is 312 g/mol. The first kappa shape index (κ1) is 17.3. The summed E-state index contributed by atoms with van der Waals surface area (Å²) in [5.41, 5.74) is 6.73. The maximum Gasteiger partial charge on any atom is 0.241 e. The van der Waals surface area contributed by atoms with E-state index in [2.05, 4.69) is 10.6 Å². The lowest BCUT2D eigenvalue weighted by Gasteiger charge is -2.23. The third-order valence-corrected chi connectivity index (χ3v) is 3.52. The lowest BCUT2D eigenvalue weighted by atomic mass is 10.2. The van der Waals surface area contributed by atoms with Crippen LogP contribution in [0.1, 0.15) is 13.3 Å². The van der Waals surface area contributed by atoms with Gasteiger partial charge in [-0.05, 0) is 32.2 Å². The normalized spacial score (nSPS) is 12.0. The Kier molecular flexibility index (Phi) is 6.45. The molecule has 0 heterocycles. The molecular formula is C14H21ClN4O2. The molecule has 2 amide bonds. The largest absolute Gasteiger partial charge is 0.397 e. The number of carbonyl (C=O) groups is 2. The summed E-state index contributed by atoms with van der Waals surface area (Å²) in [6.07, 6.45) is 0.341. The van der Waals surface area contributed by atoms with Crippen LogP contribution in [0.2, 0.25) is 5.02 Å². The summed E-state index contributed by atoms with van der Waals surface area (Å²) in [6.45, 7) is 2.26. The molecular weight excluding hydrogens is 292 g/mol. The van der Waals surface area contributed by atoms with E-state index in [0.717, 1.165) is 0 Å². The van der Waals surface area contributed by atoms with E-state index in [-0.39, 0.29) is 17.9 Å². The van der Waals surface area contributed by atoms with Gasteiger partial charge < -0.3 is 16.4 Å². The molecule has 4 N–H and O–H groups in total. The molecule has 6 nitrogen and oxygen atoms in total. The number of hydrogen-bond donors (Lipinski definition) is 3. The first-order chi connectivity index (χ1) is 9.85. The van der Waals surface area contributed by atoms with Gasteiger partial charge in [-0.3, -0.25) is 14.5 Å². The second-order valence-electron chi connectivity index (χ2n) is 4.80. The van der Waals surface area contributed by atoms with Crippen molar-refractivity contribution in [1.82, 2.24) is 10.2 Å². The predicted molar refractivity (Wildman–Crippen MR) is 85.3 cm³/mol. The van der Waals surface area contributed by atoms with Crippen LogP contribution in [0.15, 0.2) is 18.2 Å². The Balaban J connectivity index is 2.59. The van der Waals surface area contributed by atoms with Crippen LogP contribution in [-0.4, -0.2) is 43.4 Å². The van der Waals surface area contributed by atoms with Crippen LogP contribution in [0.3, 0.4) is 0 Å². The summed E-state index contributed by atoms with van der Waals surface area (Å²) in [5.74, 6) is -0.250. The number of nitrogens with zero attached hydrogens (tertiary/aromatic N) is 1. The lowest BCUT2D eigenvalue weighted by Crippen LogP contribution is -2.41. The zero-order valence-corrected chi connectivity index (χ0v) is 13.2. The van der Waals surface area contributed by atoms with Gasteiger partial charge in [-0.15, -0.1) is 0 Å². The second kappa shape index (κ2) is 7.85. The van der Waals surface area contributed by atoms with E-state index in [1.807, 2.05) is 0 Å². The summed E-state index contributed by atoms with van der Waals surface area (Å²) in [6, 6.07) is 4.52. The molecule has 21 heavy (non-hydrogen) atoms. The number of nitrogens with one attached hydrogen (secondary N) is 2. The molecule has 1 unspecified atom stereocenters. The summed E-state index contributed by atoms with van der Waals surface area (Å²) >= 11 is 5.81. The van der Waals surface area contributed by atoms with Crippen molar-refractivity contribution in [2.75, 3.05) is 31.7 Å². The lowest BCUT2D eigenvalue weighted by molar-refractivity contribution is -0.123. The summed E-state index contributed by atoms with van der Waals surface area (Å²) in [4.78, 5) is 25.2. The molecule has 1 aromatic carbocycles. The Labute approximate surface area is 129 Å². The van der Waals surface area contributed by atoms with Crippen molar-refractivity contribution in [3.05, 3.63) is 23.2 Å². The minimum atomic E-state index is -0.385. The van der Waals surface area contributed by atoms with Crippen LogP contribution in [0.25, 0.3) is 0 Å². The molecule has 0 spiro atoms. The molecule has 0 aromatic heterocycles. The average Bonchev–Trinajstić information content (AvgIpc) is 2.46. The number of nitrogens with two attached hydrogens (primary N) is 1. The number of benzene rings is 1. The molecule has 1 rings (SSSR count). The molecule has 7 heteroatoms. The molecule has 0 fully saturated rings.